The molecular formula is C31H31NO8. The van der Waals surface area contributed by atoms with Crippen molar-refractivity contribution in [3.05, 3.63) is 76.9 Å². The Hall–Kier alpha value is -3.95. The second-order valence-electron chi connectivity index (χ2n) is 11.4. The number of hydrogen-bond acceptors (Lipinski definition) is 7. The average molecular weight is 546 g/mol. The van der Waals surface area contributed by atoms with Gasteiger partial charge < -0.3 is 25.2 Å². The Morgan fingerprint density at radius 3 is 2.40 bits per heavy atom. The number of nitrogens with zero attached hydrogens (tertiary/aromatic N) is 1. The van der Waals surface area contributed by atoms with Gasteiger partial charge in [-0.25, -0.2) is 9.59 Å². The van der Waals surface area contributed by atoms with Crippen molar-refractivity contribution >= 4 is 23.8 Å². The Morgan fingerprint density at radius 2 is 1.75 bits per heavy atom. The zero-order valence-corrected chi connectivity index (χ0v) is 21.8. The number of carbonyl (C=O) groups is 3. The molecule has 0 aromatic heterocycles. The summed E-state index contributed by atoms with van der Waals surface area (Å²) in [6, 6.07) is 13.4. The Labute approximate surface area is 231 Å². The third kappa shape index (κ3) is 4.12. The van der Waals surface area contributed by atoms with Gasteiger partial charge in [0.05, 0.1) is 11.0 Å². The van der Waals surface area contributed by atoms with Crippen LogP contribution in [-0.2, 0) is 26.2 Å². The molecule has 40 heavy (non-hydrogen) atoms. The molecule has 4 atom stereocenters. The highest BCUT2D eigenvalue weighted by Crippen LogP contribution is 2.65. The van der Waals surface area contributed by atoms with Crippen molar-refractivity contribution in [1.29, 1.82) is 0 Å². The molecule has 2 bridgehead atoms. The van der Waals surface area contributed by atoms with Gasteiger partial charge in [-0.05, 0) is 61.4 Å². The molecule has 1 spiro atoms. The van der Waals surface area contributed by atoms with E-state index in [1.54, 1.807) is 6.07 Å². The van der Waals surface area contributed by atoms with Crippen molar-refractivity contribution in [3.63, 3.8) is 0 Å². The Morgan fingerprint density at radius 1 is 1.05 bits per heavy atom. The number of hydrogen-bond donors (Lipinski definition) is 4. The summed E-state index contributed by atoms with van der Waals surface area (Å²) in [5.74, 6) is -1.37. The molecule has 208 valence electrons. The molecule has 2 saturated carbocycles. The number of rotatable bonds is 5. The first-order valence-corrected chi connectivity index (χ1v) is 13.6. The minimum Gasteiger partial charge on any atom is -0.504 e. The summed E-state index contributed by atoms with van der Waals surface area (Å²) in [5.41, 5.74) is 1.67. The highest BCUT2D eigenvalue weighted by molar-refractivity contribution is 6.06. The summed E-state index contributed by atoms with van der Waals surface area (Å²) in [7, 11) is 0. The number of aromatic hydroxyl groups is 1. The zero-order chi connectivity index (χ0) is 28.2. The molecular weight excluding hydrogens is 514 g/mol. The predicted octanol–water partition coefficient (Wildman–Crippen LogP) is 2.93. The van der Waals surface area contributed by atoms with Crippen LogP contribution < -0.4 is 4.74 Å². The van der Waals surface area contributed by atoms with Gasteiger partial charge in [-0.1, -0.05) is 36.4 Å². The number of aliphatic carboxylic acids is 2. The lowest BCUT2D eigenvalue weighted by atomic mass is 9.48. The largest absolute Gasteiger partial charge is 0.504 e. The van der Waals surface area contributed by atoms with E-state index >= 15 is 0 Å². The maximum atomic E-state index is 13.8. The molecule has 9 nitrogen and oxygen atoms in total. The van der Waals surface area contributed by atoms with Crippen LogP contribution in [-0.4, -0.2) is 73.9 Å². The fourth-order valence-corrected chi connectivity index (χ4v) is 7.20. The maximum absolute atomic E-state index is 13.8. The van der Waals surface area contributed by atoms with Crippen molar-refractivity contribution in [2.75, 3.05) is 13.1 Å². The number of phenolic OH excluding ortho intramolecular Hbond substituents is 1. The van der Waals surface area contributed by atoms with Crippen LogP contribution in [0.2, 0.25) is 0 Å². The van der Waals surface area contributed by atoms with E-state index in [0.717, 1.165) is 42.1 Å². The number of carbonyl (C=O) groups excluding carboxylic acids is 1. The Bertz CT molecular complexity index is 1430. The van der Waals surface area contributed by atoms with Gasteiger partial charge in [-0.15, -0.1) is 0 Å². The van der Waals surface area contributed by atoms with Gasteiger partial charge >= 0.3 is 11.9 Å². The van der Waals surface area contributed by atoms with Crippen LogP contribution in [0.25, 0.3) is 6.08 Å². The summed E-state index contributed by atoms with van der Waals surface area (Å²) < 4.78 is 6.26. The molecule has 0 amide bonds. The topological polar surface area (TPSA) is 145 Å². The van der Waals surface area contributed by atoms with Crippen LogP contribution in [0.4, 0.5) is 0 Å². The number of phenols is 1. The molecule has 7 rings (SSSR count). The SMILES string of the molecule is O=C(O)/C=C\C(=O)O.O=C1/C(=C\c2ccccc2)C[C@@]2(O)[C@H]3Cc4ccc(O)c5c4[C@@]2(CCN3CC2CC2)[C@H]1O5. The molecule has 2 aromatic carbocycles. The summed E-state index contributed by atoms with van der Waals surface area (Å²) in [4.78, 5) is 35.4. The number of carboxylic acids is 2. The first kappa shape index (κ1) is 26.3. The van der Waals surface area contributed by atoms with E-state index in [9.17, 15) is 24.6 Å². The number of aliphatic hydroxyl groups is 1. The molecule has 3 fully saturated rings. The molecule has 2 aliphatic heterocycles. The predicted molar refractivity (Wildman–Crippen MR) is 144 cm³/mol. The lowest BCUT2D eigenvalue weighted by Gasteiger charge is -2.62. The van der Waals surface area contributed by atoms with E-state index in [2.05, 4.69) is 4.90 Å². The first-order valence-electron chi connectivity index (χ1n) is 13.6. The fraction of sp³-hybridized carbons (Fsp3) is 0.387. The maximum Gasteiger partial charge on any atom is 0.328 e. The fourth-order valence-electron chi connectivity index (χ4n) is 7.20. The minimum absolute atomic E-state index is 0.0572. The zero-order valence-electron chi connectivity index (χ0n) is 21.8. The van der Waals surface area contributed by atoms with Gasteiger partial charge in [0, 0.05) is 42.3 Å². The lowest BCUT2D eigenvalue weighted by Crippen LogP contribution is -2.77. The van der Waals surface area contributed by atoms with Crippen LogP contribution in [0.1, 0.15) is 42.4 Å². The Kier molecular flexibility index (Phi) is 6.31. The van der Waals surface area contributed by atoms with Gasteiger partial charge in [0.15, 0.2) is 23.4 Å². The van der Waals surface area contributed by atoms with Gasteiger partial charge in [0.1, 0.15) is 0 Å². The number of ether oxygens (including phenoxy) is 1. The quantitative estimate of drug-likeness (QED) is 0.417. The van der Waals surface area contributed by atoms with E-state index in [4.69, 9.17) is 14.9 Å². The minimum atomic E-state index is -1.26. The van der Waals surface area contributed by atoms with Crippen molar-refractivity contribution in [1.82, 2.24) is 4.90 Å². The molecule has 5 aliphatic rings. The van der Waals surface area contributed by atoms with Gasteiger partial charge in [-0.3, -0.25) is 9.69 Å². The molecule has 3 aliphatic carbocycles. The number of carboxylic acid groups (broad SMARTS) is 2. The molecule has 2 heterocycles. The summed E-state index contributed by atoms with van der Waals surface area (Å²) in [5, 5.41) is 38.8. The van der Waals surface area contributed by atoms with Crippen LogP contribution in [0.15, 0.2) is 60.2 Å². The average Bonchev–Trinajstić information content (AvgIpc) is 3.66. The summed E-state index contributed by atoms with van der Waals surface area (Å²) >= 11 is 0. The highest BCUT2D eigenvalue weighted by Gasteiger charge is 2.74. The number of Topliss-reactive ketones (excluding diaryl/α,β-unsaturated/α-hetero) is 1. The highest BCUT2D eigenvalue weighted by atomic mass is 16.5. The molecule has 9 heteroatoms. The van der Waals surface area contributed by atoms with Gasteiger partial charge in [-0.2, -0.15) is 0 Å². The third-order valence-electron chi connectivity index (χ3n) is 9.04. The van der Waals surface area contributed by atoms with Crippen LogP contribution in [0.5, 0.6) is 11.5 Å². The van der Waals surface area contributed by atoms with Crippen LogP contribution >= 0.6 is 0 Å². The van der Waals surface area contributed by atoms with E-state index < -0.39 is 29.1 Å². The lowest BCUT2D eigenvalue weighted by molar-refractivity contribution is -0.179. The standard InChI is InChI=1S/C27H27NO4.C4H4O4/c29-20-9-8-18-13-21-27(31)14-19(12-16-4-2-1-3-5-16)23(30)25-26(27,22(18)24(20)32-25)10-11-28(21)15-17-6-7-17;5-3(6)1-2-4(7)8/h1-5,8-9,12,17,21,25,29,31H,6-7,10-11,13-15H2;1-2H,(H,5,6)(H,7,8)/b19-12-;2-1-/t21-,25+,26+,27-;/m1./s1. The molecule has 0 unspecified atom stereocenters. The van der Waals surface area contributed by atoms with Crippen LogP contribution in [0, 0.1) is 5.92 Å². The van der Waals surface area contributed by atoms with Crippen molar-refractivity contribution in [2.24, 2.45) is 5.92 Å². The second kappa shape index (κ2) is 9.60. The summed E-state index contributed by atoms with van der Waals surface area (Å²) in [6.07, 6.45) is 6.49. The summed E-state index contributed by atoms with van der Waals surface area (Å²) in [6.45, 7) is 1.86. The molecule has 2 aromatic rings. The van der Waals surface area contributed by atoms with Crippen LogP contribution in [0.3, 0.4) is 0 Å². The Balaban J connectivity index is 0.000000319. The molecule has 0 radical (unpaired) electrons. The van der Waals surface area contributed by atoms with E-state index in [0.29, 0.717) is 36.3 Å². The van der Waals surface area contributed by atoms with E-state index in [1.807, 2.05) is 42.5 Å². The first-order chi connectivity index (χ1) is 19.1. The third-order valence-corrected chi connectivity index (χ3v) is 9.04. The smallest absolute Gasteiger partial charge is 0.328 e. The van der Waals surface area contributed by atoms with Gasteiger partial charge in [0.2, 0.25) is 0 Å². The number of ketones is 1. The van der Waals surface area contributed by atoms with E-state index in [-0.39, 0.29) is 17.6 Å². The van der Waals surface area contributed by atoms with Crippen molar-refractivity contribution < 1.29 is 39.5 Å². The second-order valence-corrected chi connectivity index (χ2v) is 11.4. The number of likely N-dealkylation sites (tertiary alicyclic amines) is 1. The monoisotopic (exact) mass is 545 g/mol. The van der Waals surface area contributed by atoms with Crippen molar-refractivity contribution in [2.45, 2.75) is 55.3 Å². The number of piperidine rings is 1. The van der Waals surface area contributed by atoms with E-state index in [1.165, 1.54) is 12.8 Å². The molecule has 4 N–H and O–H groups in total. The van der Waals surface area contributed by atoms with Crippen molar-refractivity contribution in [3.8, 4) is 11.5 Å². The molecule has 1 saturated heterocycles. The van der Waals surface area contributed by atoms with Gasteiger partial charge in [0.25, 0.3) is 0 Å². The number of benzene rings is 2. The normalized spacial score (nSPS) is 30.8.